The van der Waals surface area contributed by atoms with Crippen LogP contribution in [0.15, 0.2) is 71.6 Å². The van der Waals surface area contributed by atoms with Gasteiger partial charge in [0, 0.05) is 36.8 Å². The van der Waals surface area contributed by atoms with Gasteiger partial charge in [0.05, 0.1) is 77.6 Å². The van der Waals surface area contributed by atoms with Crippen molar-refractivity contribution in [2.45, 2.75) is 287 Å². The molecule has 11 rings (SSSR count). The summed E-state index contributed by atoms with van der Waals surface area (Å²) in [7, 11) is -3.05. The van der Waals surface area contributed by atoms with Gasteiger partial charge in [-0.2, -0.15) is 0 Å². The molecule has 1 amide bonds. The van der Waals surface area contributed by atoms with Crippen LogP contribution in [0.3, 0.4) is 0 Å². The van der Waals surface area contributed by atoms with Crippen LogP contribution in [0.1, 0.15) is 120 Å². The van der Waals surface area contributed by atoms with Crippen molar-refractivity contribution >= 4 is 44.2 Å². The number of benzene rings is 3. The van der Waals surface area contributed by atoms with Crippen LogP contribution < -0.4 is 20.3 Å². The molecule has 2 aliphatic carbocycles. The van der Waals surface area contributed by atoms with E-state index >= 15 is 0 Å². The average Bonchev–Trinajstić information content (AvgIpc) is 0.792. The number of aryl methyl sites for hydroxylation is 1. The molecule has 6 aliphatic heterocycles. The molecule has 2 saturated carbocycles. The van der Waals surface area contributed by atoms with E-state index in [1.807, 2.05) is 37.3 Å². The number of carbonyl (C=O) groups excluding carboxylic acids is 3. The second kappa shape index (κ2) is 38.5. The number of carboxylic acid groups (broad SMARTS) is 2. The predicted molar refractivity (Wildman–Crippen MR) is 367 cm³/mol. The van der Waals surface area contributed by atoms with Gasteiger partial charge in [-0.1, -0.05) is 112 Å². The third-order valence-corrected chi connectivity index (χ3v) is 23.2. The van der Waals surface area contributed by atoms with Crippen molar-refractivity contribution in [1.82, 2.24) is 10.0 Å². The zero-order valence-corrected chi connectivity index (χ0v) is 60.5. The van der Waals surface area contributed by atoms with Crippen molar-refractivity contribution in [2.75, 3.05) is 39.5 Å². The van der Waals surface area contributed by atoms with E-state index in [4.69, 9.17) is 56.8 Å². The van der Waals surface area contributed by atoms with Crippen LogP contribution in [0.5, 0.6) is 0 Å². The number of carbonyl (C=O) groups is 3. The Morgan fingerprint density at radius 2 is 0.943 bits per heavy atom. The number of rotatable bonds is 27. The van der Waals surface area contributed by atoms with E-state index < -0.39 is 212 Å². The largest absolute Gasteiger partial charge is 0.547 e. The first-order valence-corrected chi connectivity index (χ1v) is 38.5. The SMILES string of the molecule is C=S(=O)(NCC1OCCC(OC2OC(CO)C(O)C(OC(CC3CCCCC3)C(=O)[O-])C2O)C1OC1OC(C)C(O)C(O)C1O)c1ccc(C)cc1.CC1OC(OC2C(CNC(=O)c3ccc4ccccc4c3)OCCC2OC2OC(CO)C(O)C(OC(CC3CCCCC3)C(=O)[O-])C2O)C(O)C(O)C1O. The van der Waals surface area contributed by atoms with Crippen LogP contribution in [0, 0.1) is 18.8 Å². The molecule has 106 heavy (non-hydrogen) atoms. The van der Waals surface area contributed by atoms with E-state index in [0.29, 0.717) is 10.5 Å². The third-order valence-electron chi connectivity index (χ3n) is 21.5. The molecule has 0 spiro atoms. The number of aliphatic hydroxyl groups is 12. The minimum atomic E-state index is -3.05. The van der Waals surface area contributed by atoms with E-state index in [1.54, 1.807) is 36.4 Å². The maximum Gasteiger partial charge on any atom is 0.251 e. The quantitative estimate of drug-likeness (QED) is 0.0333. The van der Waals surface area contributed by atoms with Crippen LogP contribution in [-0.4, -0.2) is 300 Å². The summed E-state index contributed by atoms with van der Waals surface area (Å²) < 4.78 is 88.2. The molecule has 0 aromatic heterocycles. The first-order chi connectivity index (χ1) is 50.6. The molecular formula is C73H106N2O30S-2. The minimum absolute atomic E-state index is 0.0648. The lowest BCUT2D eigenvalue weighted by Gasteiger charge is -2.47. The summed E-state index contributed by atoms with van der Waals surface area (Å²) in [6, 6.07) is 19.8. The van der Waals surface area contributed by atoms with Crippen LogP contribution in [0.4, 0.5) is 0 Å². The van der Waals surface area contributed by atoms with Crippen LogP contribution >= 0.6 is 0 Å². The summed E-state index contributed by atoms with van der Waals surface area (Å²) in [6.07, 6.45) is -29.5. The summed E-state index contributed by atoms with van der Waals surface area (Å²) in [5.74, 6) is 0.594. The van der Waals surface area contributed by atoms with E-state index in [-0.39, 0.29) is 63.8 Å². The molecule has 29 unspecified atom stereocenters. The maximum atomic E-state index is 13.6. The first kappa shape index (κ1) is 83.8. The van der Waals surface area contributed by atoms with Crippen molar-refractivity contribution in [3.05, 3.63) is 77.9 Å². The summed E-state index contributed by atoms with van der Waals surface area (Å²) in [4.78, 5) is 38.1. The van der Waals surface area contributed by atoms with E-state index in [1.165, 1.54) is 13.8 Å². The lowest BCUT2D eigenvalue weighted by atomic mass is 9.85. The molecule has 14 N–H and O–H groups in total. The van der Waals surface area contributed by atoms with Gasteiger partial charge >= 0.3 is 0 Å². The Hall–Kier alpha value is -4.65. The van der Waals surface area contributed by atoms with Gasteiger partial charge < -0.3 is 143 Å². The fourth-order valence-corrected chi connectivity index (χ4v) is 16.3. The Bertz CT molecular complexity index is 3370. The van der Waals surface area contributed by atoms with Crippen molar-refractivity contribution in [2.24, 2.45) is 11.8 Å². The van der Waals surface area contributed by atoms with Gasteiger partial charge in [0.15, 0.2) is 25.2 Å². The van der Waals surface area contributed by atoms with Crippen molar-refractivity contribution < 1.29 is 147 Å². The van der Waals surface area contributed by atoms with Crippen molar-refractivity contribution in [3.8, 4) is 0 Å². The molecule has 8 fully saturated rings. The maximum absolute atomic E-state index is 13.6. The summed E-state index contributed by atoms with van der Waals surface area (Å²) in [5, 5.41) is 157. The lowest BCUT2D eigenvalue weighted by molar-refractivity contribution is -0.359. The van der Waals surface area contributed by atoms with E-state index in [2.05, 4.69) is 15.9 Å². The van der Waals surface area contributed by atoms with Crippen LogP contribution in [-0.2, 0) is 76.1 Å². The zero-order valence-electron chi connectivity index (χ0n) is 59.6. The molecule has 0 radical (unpaired) electrons. The topological polar surface area (TPSA) is 492 Å². The highest BCUT2D eigenvalue weighted by atomic mass is 32.2. The number of hydrogen-bond donors (Lipinski definition) is 14. The number of nitrogens with one attached hydrogen (secondary N) is 2. The standard InChI is InChI=1S/C38H53NO15.C35H55NO15S/c1-19-28(41)30(43)31(44)37(50-19)54-33-24(13-14-49-26(33)17-39-35(46)23-12-11-21-9-5-6-10-22(21)16-23)52-38-32(45)34(29(42)27(18-40)53-38)51-25(36(47)48)15-20-7-3-2-4-8-20;1-18-9-11-21(12-10-18)52(3,45)36-16-24-31(51-34-29(41)28(40)26(38)19(2)47-34)22(13-14-46-24)49-35-30(42)32(27(39)25(17-37)50-35)48-23(33(43)44)15-20-7-5-4-6-8-20/h5-6,9-12,16,19-20,24-34,37-38,40-45H,2-4,7-8,13-15,17-18H2,1H3,(H,39,46)(H,47,48);9-12,19-20,22-32,34-35,37-42H,3-8,13-17H2,1-2H3,(H,36,45)(H,43,44)/p-2. The van der Waals surface area contributed by atoms with Gasteiger partial charge in [-0.25, -0.2) is 8.93 Å². The number of amides is 1. The lowest BCUT2D eigenvalue weighted by Crippen LogP contribution is -2.64. The normalized spacial score (nSPS) is 38.3. The molecule has 32 nitrogen and oxygen atoms in total. The molecule has 596 valence electrons. The van der Waals surface area contributed by atoms with Gasteiger partial charge in [-0.3, -0.25) is 4.79 Å². The highest BCUT2D eigenvalue weighted by Gasteiger charge is 2.54. The molecule has 3 aromatic carbocycles. The van der Waals surface area contributed by atoms with Crippen LogP contribution in [0.2, 0.25) is 0 Å². The Morgan fingerprint density at radius 3 is 1.39 bits per heavy atom. The van der Waals surface area contributed by atoms with Gasteiger partial charge in [0.25, 0.3) is 5.91 Å². The molecular weight excluding hydrogens is 1420 g/mol. The molecule has 0 bridgehead atoms. The summed E-state index contributed by atoms with van der Waals surface area (Å²) >= 11 is 0. The molecule has 3 aromatic rings. The number of fused-ring (bicyclic) bond motifs is 1. The fourth-order valence-electron chi connectivity index (χ4n) is 15.1. The van der Waals surface area contributed by atoms with Crippen LogP contribution in [0.25, 0.3) is 10.8 Å². The molecule has 8 aliphatic rings. The molecule has 33 heteroatoms. The second-order valence-electron chi connectivity index (χ2n) is 29.1. The highest BCUT2D eigenvalue weighted by molar-refractivity contribution is 7.98. The van der Waals surface area contributed by atoms with Gasteiger partial charge in [-0.05, 0) is 99.2 Å². The highest BCUT2D eigenvalue weighted by Crippen LogP contribution is 2.38. The third kappa shape index (κ3) is 20.9. The first-order valence-electron chi connectivity index (χ1n) is 36.8. The Kier molecular flexibility index (Phi) is 30.5. The second-order valence-corrected chi connectivity index (χ2v) is 31.2. The van der Waals surface area contributed by atoms with E-state index in [9.17, 15) is 90.1 Å². The Balaban J connectivity index is 0.000000227. The Morgan fingerprint density at radius 1 is 0.509 bits per heavy atom. The Labute approximate surface area is 615 Å². The zero-order chi connectivity index (χ0) is 76.3. The summed E-state index contributed by atoms with van der Waals surface area (Å²) in [5.41, 5.74) is 1.36. The van der Waals surface area contributed by atoms with Gasteiger partial charge in [0.2, 0.25) is 0 Å². The monoisotopic (exact) mass is 1520 g/mol. The van der Waals surface area contributed by atoms with Gasteiger partial charge in [0.1, 0.15) is 104 Å². The smallest absolute Gasteiger partial charge is 0.251 e. The number of aliphatic carboxylic acids is 2. The van der Waals surface area contributed by atoms with Crippen molar-refractivity contribution in [3.63, 3.8) is 0 Å². The summed E-state index contributed by atoms with van der Waals surface area (Å²) in [6.45, 7) is 3.35. The average molecular weight is 1520 g/mol. The fraction of sp³-hybridized carbons (Fsp3) is 0.726. The van der Waals surface area contributed by atoms with Gasteiger partial charge in [-0.15, -0.1) is 0 Å². The number of ether oxygens (including phenoxy) is 12. The molecule has 29 atom stereocenters. The number of hydrogen-bond acceptors (Lipinski definition) is 30. The van der Waals surface area contributed by atoms with Crippen molar-refractivity contribution in [1.29, 1.82) is 0 Å². The molecule has 6 heterocycles. The number of carboxylic acids is 2. The van der Waals surface area contributed by atoms with E-state index in [0.717, 1.165) is 80.5 Å². The number of aliphatic hydroxyl groups excluding tert-OH is 12. The predicted octanol–water partition coefficient (Wildman–Crippen LogP) is -3.26. The minimum Gasteiger partial charge on any atom is -0.547 e. The molecule has 6 saturated heterocycles.